The van der Waals surface area contributed by atoms with E-state index in [1.54, 1.807) is 50.4 Å². The van der Waals surface area contributed by atoms with Crippen LogP contribution >= 0.6 is 0 Å². The van der Waals surface area contributed by atoms with Crippen molar-refractivity contribution in [1.29, 1.82) is 5.26 Å². The number of likely N-dealkylation sites (tertiary alicyclic amines) is 1. The van der Waals surface area contributed by atoms with Crippen LogP contribution in [0.2, 0.25) is 0 Å². The van der Waals surface area contributed by atoms with Gasteiger partial charge in [0.1, 0.15) is 11.6 Å². The van der Waals surface area contributed by atoms with Gasteiger partial charge in [-0.3, -0.25) is 14.5 Å². The third kappa shape index (κ3) is 4.99. The Morgan fingerprint density at radius 2 is 1.92 bits per heavy atom. The van der Waals surface area contributed by atoms with E-state index in [0.29, 0.717) is 33.3 Å². The third-order valence-electron chi connectivity index (χ3n) is 6.65. The van der Waals surface area contributed by atoms with Crippen molar-refractivity contribution >= 4 is 28.5 Å². The number of aryl methyl sites for hydroxylation is 1. The molecule has 1 aliphatic rings. The van der Waals surface area contributed by atoms with Crippen LogP contribution in [0.1, 0.15) is 48.6 Å². The van der Waals surface area contributed by atoms with E-state index < -0.39 is 6.04 Å². The van der Waals surface area contributed by atoms with Gasteiger partial charge in [0.15, 0.2) is 0 Å². The smallest absolute Gasteiger partial charge is 0.307 e. The number of nitriles is 1. The first-order valence-corrected chi connectivity index (χ1v) is 12.1. The molecule has 36 heavy (non-hydrogen) atoms. The zero-order valence-electron chi connectivity index (χ0n) is 20.5. The molecule has 0 radical (unpaired) electrons. The second-order valence-corrected chi connectivity index (χ2v) is 8.83. The average molecular weight is 485 g/mol. The Bertz CT molecular complexity index is 1440. The topological polar surface area (TPSA) is 105 Å². The van der Waals surface area contributed by atoms with E-state index in [0.717, 1.165) is 25.9 Å². The molecule has 0 amide bonds. The molecule has 3 aromatic rings. The predicted octanol–water partition coefficient (Wildman–Crippen LogP) is 3.03. The number of benzene rings is 2. The standard InChI is InChI=1S/C28H28N4O4/c1-3-36-26(34)16-25(32-13-6-7-14-32)22(18-33)21-11-8-12-24-27(21)30-23(28(35)31(24)2)15-19-9-4-5-10-20(19)17-29/h4-5,8-12,25H,3,6-7,13-16H2,1-2H3. The minimum atomic E-state index is -0.503. The Hall–Kier alpha value is -4.05. The normalized spacial score (nSPS) is 14.2. The molecule has 4 rings (SSSR count). The first kappa shape index (κ1) is 25.1. The van der Waals surface area contributed by atoms with Crippen LogP contribution in [-0.2, 0) is 27.8 Å². The summed E-state index contributed by atoms with van der Waals surface area (Å²) in [4.78, 5) is 44.9. The van der Waals surface area contributed by atoms with Crippen molar-refractivity contribution in [2.45, 2.75) is 38.6 Å². The average Bonchev–Trinajstić information content (AvgIpc) is 3.42. The molecule has 1 saturated heterocycles. The summed E-state index contributed by atoms with van der Waals surface area (Å²) < 4.78 is 6.70. The van der Waals surface area contributed by atoms with E-state index in [4.69, 9.17) is 9.72 Å². The maximum absolute atomic E-state index is 13.2. The summed E-state index contributed by atoms with van der Waals surface area (Å²) in [5, 5.41) is 9.47. The molecule has 0 bridgehead atoms. The van der Waals surface area contributed by atoms with Gasteiger partial charge in [0.2, 0.25) is 0 Å². The quantitative estimate of drug-likeness (QED) is 0.357. The maximum atomic E-state index is 13.2. The van der Waals surface area contributed by atoms with Crippen molar-refractivity contribution in [1.82, 2.24) is 14.5 Å². The third-order valence-corrected chi connectivity index (χ3v) is 6.65. The molecule has 8 heteroatoms. The van der Waals surface area contributed by atoms with Gasteiger partial charge in [0.05, 0.1) is 47.3 Å². The zero-order valence-corrected chi connectivity index (χ0v) is 20.5. The molecular formula is C28H28N4O4. The fraction of sp³-hybridized carbons (Fsp3) is 0.357. The summed E-state index contributed by atoms with van der Waals surface area (Å²) in [6, 6.07) is 14.1. The summed E-state index contributed by atoms with van der Waals surface area (Å²) in [7, 11) is 1.66. The Labute approximate surface area is 209 Å². The number of rotatable bonds is 8. The van der Waals surface area contributed by atoms with Gasteiger partial charge in [-0.2, -0.15) is 5.26 Å². The summed E-state index contributed by atoms with van der Waals surface area (Å²) in [5.74, 6) is 1.73. The van der Waals surface area contributed by atoms with Crippen molar-refractivity contribution in [3.8, 4) is 6.07 Å². The number of fused-ring (bicyclic) bond motifs is 1. The SMILES string of the molecule is CCOC(=O)CC(C(=C=O)c1cccc2c1nc(Cc1ccccc1C#N)c(=O)n2C)N1CCCC1. The molecular weight excluding hydrogens is 456 g/mol. The highest BCUT2D eigenvalue weighted by molar-refractivity contribution is 6.00. The number of carbonyl (C=O) groups excluding carboxylic acids is 2. The van der Waals surface area contributed by atoms with Gasteiger partial charge in [0.25, 0.3) is 5.56 Å². The van der Waals surface area contributed by atoms with Crippen LogP contribution in [0.3, 0.4) is 0 Å². The van der Waals surface area contributed by atoms with Crippen molar-refractivity contribution in [2.24, 2.45) is 7.05 Å². The van der Waals surface area contributed by atoms with E-state index in [1.807, 2.05) is 6.07 Å². The Morgan fingerprint density at radius 1 is 1.17 bits per heavy atom. The van der Waals surface area contributed by atoms with Gasteiger partial charge in [0, 0.05) is 19.0 Å². The molecule has 184 valence electrons. The van der Waals surface area contributed by atoms with Gasteiger partial charge in [-0.25, -0.2) is 9.78 Å². The Balaban J connectivity index is 1.85. The number of ether oxygens (including phenoxy) is 1. The lowest BCUT2D eigenvalue weighted by atomic mass is 9.94. The molecule has 2 aromatic carbocycles. The minimum Gasteiger partial charge on any atom is -0.466 e. The number of aromatic nitrogens is 2. The van der Waals surface area contributed by atoms with E-state index in [9.17, 15) is 19.6 Å². The van der Waals surface area contributed by atoms with Gasteiger partial charge in [-0.05, 0) is 50.6 Å². The number of esters is 1. The molecule has 1 unspecified atom stereocenters. The van der Waals surface area contributed by atoms with Crippen molar-refractivity contribution < 1.29 is 14.3 Å². The van der Waals surface area contributed by atoms with Crippen LogP contribution in [0.15, 0.2) is 47.3 Å². The second kappa shape index (κ2) is 11.1. The molecule has 1 fully saturated rings. The summed E-state index contributed by atoms with van der Waals surface area (Å²) in [6.45, 7) is 3.54. The molecule has 0 N–H and O–H groups in total. The molecule has 8 nitrogen and oxygen atoms in total. The molecule has 2 heterocycles. The zero-order chi connectivity index (χ0) is 25.7. The van der Waals surface area contributed by atoms with Crippen molar-refractivity contribution in [2.75, 3.05) is 19.7 Å². The predicted molar refractivity (Wildman–Crippen MR) is 136 cm³/mol. The maximum Gasteiger partial charge on any atom is 0.307 e. The number of hydrogen-bond donors (Lipinski definition) is 0. The highest BCUT2D eigenvalue weighted by atomic mass is 16.5. The summed E-state index contributed by atoms with van der Waals surface area (Å²) in [5.41, 5.74) is 3.09. The number of hydrogen-bond acceptors (Lipinski definition) is 7. The van der Waals surface area contributed by atoms with Gasteiger partial charge in [-0.1, -0.05) is 30.3 Å². The highest BCUT2D eigenvalue weighted by Gasteiger charge is 2.31. The number of para-hydroxylation sites is 1. The number of carbonyl (C=O) groups is 1. The summed E-state index contributed by atoms with van der Waals surface area (Å²) in [6.07, 6.45) is 2.18. The van der Waals surface area contributed by atoms with Crippen molar-refractivity contribution in [3.05, 3.63) is 75.2 Å². The largest absolute Gasteiger partial charge is 0.466 e. The fourth-order valence-electron chi connectivity index (χ4n) is 4.85. The molecule has 0 spiro atoms. The van der Waals surface area contributed by atoms with Crippen LogP contribution in [0.4, 0.5) is 0 Å². The van der Waals surface area contributed by atoms with E-state index >= 15 is 0 Å². The second-order valence-electron chi connectivity index (χ2n) is 8.83. The lowest BCUT2D eigenvalue weighted by Crippen LogP contribution is -2.36. The lowest BCUT2D eigenvalue weighted by Gasteiger charge is -2.28. The van der Waals surface area contributed by atoms with E-state index in [1.165, 1.54) is 4.57 Å². The lowest BCUT2D eigenvalue weighted by molar-refractivity contribution is -0.143. The molecule has 1 aromatic heterocycles. The Kier molecular flexibility index (Phi) is 7.74. The molecule has 0 saturated carbocycles. The van der Waals surface area contributed by atoms with Crippen LogP contribution < -0.4 is 5.56 Å². The monoisotopic (exact) mass is 484 g/mol. The number of nitrogens with zero attached hydrogens (tertiary/aromatic N) is 4. The van der Waals surface area contributed by atoms with Crippen molar-refractivity contribution in [3.63, 3.8) is 0 Å². The first-order valence-electron chi connectivity index (χ1n) is 12.1. The molecule has 1 aliphatic heterocycles. The van der Waals surface area contributed by atoms with Crippen LogP contribution in [0.5, 0.6) is 0 Å². The first-order chi connectivity index (χ1) is 17.5. The Morgan fingerprint density at radius 3 is 2.61 bits per heavy atom. The minimum absolute atomic E-state index is 0.0307. The fourth-order valence-corrected chi connectivity index (χ4v) is 4.85. The van der Waals surface area contributed by atoms with Gasteiger partial charge < -0.3 is 9.30 Å². The van der Waals surface area contributed by atoms with E-state index in [2.05, 4.69) is 16.9 Å². The van der Waals surface area contributed by atoms with Crippen LogP contribution in [0, 0.1) is 11.3 Å². The molecule has 0 aliphatic carbocycles. The summed E-state index contributed by atoms with van der Waals surface area (Å²) >= 11 is 0. The van der Waals surface area contributed by atoms with Gasteiger partial charge >= 0.3 is 5.97 Å². The van der Waals surface area contributed by atoms with Crippen LogP contribution in [0.25, 0.3) is 16.6 Å². The molecule has 1 atom stereocenters. The van der Waals surface area contributed by atoms with E-state index in [-0.39, 0.29) is 36.7 Å². The van der Waals surface area contributed by atoms with Gasteiger partial charge in [-0.15, -0.1) is 0 Å². The van der Waals surface area contributed by atoms with Crippen LogP contribution in [-0.4, -0.2) is 52.1 Å². The highest BCUT2D eigenvalue weighted by Crippen LogP contribution is 2.30.